The molecule has 0 saturated carbocycles. The molecule has 0 bridgehead atoms. The van der Waals surface area contributed by atoms with Gasteiger partial charge in [0.2, 0.25) is 5.91 Å². The molecule has 1 aromatic carbocycles. The molecule has 2 rings (SSSR count). The molecule has 0 fully saturated rings. The lowest BCUT2D eigenvalue weighted by Crippen LogP contribution is -2.41. The van der Waals surface area contributed by atoms with Crippen molar-refractivity contribution >= 4 is 11.8 Å². The molecular formula is C15H16N2O3. The fourth-order valence-electron chi connectivity index (χ4n) is 1.71. The van der Waals surface area contributed by atoms with E-state index < -0.39 is 0 Å². The molecule has 0 atom stereocenters. The van der Waals surface area contributed by atoms with Crippen molar-refractivity contribution < 1.29 is 14.0 Å². The fraction of sp³-hybridized carbons (Fsp3) is 0.200. The Labute approximate surface area is 117 Å². The second-order valence-corrected chi connectivity index (χ2v) is 4.38. The van der Waals surface area contributed by atoms with Crippen LogP contribution in [0, 0.1) is 6.92 Å². The van der Waals surface area contributed by atoms with Gasteiger partial charge in [-0.1, -0.05) is 18.2 Å². The third-order valence-corrected chi connectivity index (χ3v) is 2.75. The Balaban J connectivity index is 1.74. The normalized spacial score (nSPS) is 10.1. The summed E-state index contributed by atoms with van der Waals surface area (Å²) >= 11 is 0. The van der Waals surface area contributed by atoms with E-state index >= 15 is 0 Å². The summed E-state index contributed by atoms with van der Waals surface area (Å²) in [7, 11) is 0. The first-order valence-electron chi connectivity index (χ1n) is 6.34. The van der Waals surface area contributed by atoms with Crippen LogP contribution in [-0.4, -0.2) is 11.8 Å². The van der Waals surface area contributed by atoms with Crippen molar-refractivity contribution in [2.45, 2.75) is 19.8 Å². The van der Waals surface area contributed by atoms with Crippen LogP contribution in [0.4, 0.5) is 0 Å². The first-order valence-corrected chi connectivity index (χ1v) is 6.34. The van der Waals surface area contributed by atoms with Gasteiger partial charge in [0.1, 0.15) is 11.5 Å². The second kappa shape index (κ2) is 6.56. The van der Waals surface area contributed by atoms with Gasteiger partial charge >= 0.3 is 0 Å². The highest BCUT2D eigenvalue weighted by atomic mass is 16.3. The smallest absolute Gasteiger partial charge is 0.269 e. The lowest BCUT2D eigenvalue weighted by molar-refractivity contribution is -0.121. The molecule has 0 spiro atoms. The number of hydrazine groups is 1. The lowest BCUT2D eigenvalue weighted by Gasteiger charge is -2.06. The molecule has 5 heteroatoms. The number of amides is 2. The summed E-state index contributed by atoms with van der Waals surface area (Å²) in [5.41, 5.74) is 5.24. The standard InChI is InChI=1S/C15H16N2O3/c1-11-7-8-13(20-11)9-10-14(18)16-17-15(19)12-5-3-2-4-6-12/h2-8H,9-10H2,1H3,(H,16,18)(H,17,19). The summed E-state index contributed by atoms with van der Waals surface area (Å²) in [6, 6.07) is 12.4. The van der Waals surface area contributed by atoms with Gasteiger partial charge in [-0.2, -0.15) is 0 Å². The summed E-state index contributed by atoms with van der Waals surface area (Å²) in [5.74, 6) is 0.973. The van der Waals surface area contributed by atoms with Crippen LogP contribution < -0.4 is 10.9 Å². The summed E-state index contributed by atoms with van der Waals surface area (Å²) in [6.07, 6.45) is 0.753. The molecule has 0 aliphatic carbocycles. The van der Waals surface area contributed by atoms with Crippen LogP contribution in [0.1, 0.15) is 28.3 Å². The quantitative estimate of drug-likeness (QED) is 0.836. The molecule has 2 amide bonds. The van der Waals surface area contributed by atoms with Crippen LogP contribution >= 0.6 is 0 Å². The van der Waals surface area contributed by atoms with Crippen molar-refractivity contribution in [3.63, 3.8) is 0 Å². The van der Waals surface area contributed by atoms with E-state index in [1.807, 2.05) is 25.1 Å². The number of hydrogen-bond acceptors (Lipinski definition) is 3. The Morgan fingerprint density at radius 1 is 1.05 bits per heavy atom. The molecule has 20 heavy (non-hydrogen) atoms. The van der Waals surface area contributed by atoms with E-state index in [-0.39, 0.29) is 18.2 Å². The first-order chi connectivity index (χ1) is 9.65. The molecule has 0 saturated heterocycles. The van der Waals surface area contributed by atoms with Crippen molar-refractivity contribution in [3.8, 4) is 0 Å². The maximum atomic E-state index is 11.7. The average molecular weight is 272 g/mol. The second-order valence-electron chi connectivity index (χ2n) is 4.38. The Hall–Kier alpha value is -2.56. The molecule has 0 radical (unpaired) electrons. The first kappa shape index (κ1) is 13.9. The minimum Gasteiger partial charge on any atom is -0.466 e. The highest BCUT2D eigenvalue weighted by molar-refractivity contribution is 5.95. The SMILES string of the molecule is Cc1ccc(CCC(=O)NNC(=O)c2ccccc2)o1. The Kier molecular flexibility index (Phi) is 4.55. The summed E-state index contributed by atoms with van der Waals surface area (Å²) in [4.78, 5) is 23.3. The molecule has 2 aromatic rings. The van der Waals surface area contributed by atoms with Gasteiger partial charge < -0.3 is 4.42 Å². The van der Waals surface area contributed by atoms with Crippen molar-refractivity contribution in [2.75, 3.05) is 0 Å². The molecule has 1 aromatic heterocycles. The van der Waals surface area contributed by atoms with E-state index in [4.69, 9.17) is 4.42 Å². The molecule has 1 heterocycles. The van der Waals surface area contributed by atoms with Crippen LogP contribution in [0.3, 0.4) is 0 Å². The number of carbonyl (C=O) groups is 2. The third-order valence-electron chi connectivity index (χ3n) is 2.75. The van der Waals surface area contributed by atoms with E-state index in [1.165, 1.54) is 0 Å². The number of benzene rings is 1. The molecule has 2 N–H and O–H groups in total. The Bertz CT molecular complexity index is 590. The number of aryl methyl sites for hydroxylation is 2. The van der Waals surface area contributed by atoms with E-state index in [2.05, 4.69) is 10.9 Å². The number of nitrogens with one attached hydrogen (secondary N) is 2. The molecule has 0 aliphatic rings. The van der Waals surface area contributed by atoms with E-state index in [1.54, 1.807) is 24.3 Å². The van der Waals surface area contributed by atoms with E-state index in [0.29, 0.717) is 12.0 Å². The molecule has 0 unspecified atom stereocenters. The van der Waals surface area contributed by atoms with Crippen molar-refractivity contribution in [1.82, 2.24) is 10.9 Å². The zero-order valence-corrected chi connectivity index (χ0v) is 11.2. The number of carbonyl (C=O) groups excluding carboxylic acids is 2. The minimum absolute atomic E-state index is 0.252. The van der Waals surface area contributed by atoms with Crippen LogP contribution in [0.5, 0.6) is 0 Å². The summed E-state index contributed by atoms with van der Waals surface area (Å²) in [5, 5.41) is 0. The third kappa shape index (κ3) is 3.98. The number of hydrogen-bond donors (Lipinski definition) is 2. The largest absolute Gasteiger partial charge is 0.466 e. The fourth-order valence-corrected chi connectivity index (χ4v) is 1.71. The van der Waals surface area contributed by atoms with Crippen molar-refractivity contribution in [2.24, 2.45) is 0 Å². The maximum Gasteiger partial charge on any atom is 0.269 e. The van der Waals surface area contributed by atoms with Gasteiger partial charge in [-0.3, -0.25) is 20.4 Å². The average Bonchev–Trinajstić information content (AvgIpc) is 2.89. The van der Waals surface area contributed by atoms with E-state index in [9.17, 15) is 9.59 Å². The Morgan fingerprint density at radius 3 is 2.45 bits per heavy atom. The summed E-state index contributed by atoms with van der Waals surface area (Å²) < 4.78 is 5.36. The van der Waals surface area contributed by atoms with Gasteiger partial charge in [0.15, 0.2) is 0 Å². The predicted octanol–water partition coefficient (Wildman–Crippen LogP) is 1.98. The molecular weight excluding hydrogens is 256 g/mol. The zero-order valence-electron chi connectivity index (χ0n) is 11.2. The van der Waals surface area contributed by atoms with Crippen LogP contribution in [-0.2, 0) is 11.2 Å². The molecule has 5 nitrogen and oxygen atoms in total. The van der Waals surface area contributed by atoms with Gasteiger partial charge in [0.05, 0.1) is 0 Å². The minimum atomic E-state index is -0.340. The van der Waals surface area contributed by atoms with Crippen molar-refractivity contribution in [1.29, 1.82) is 0 Å². The number of furan rings is 1. The van der Waals surface area contributed by atoms with Crippen LogP contribution in [0.2, 0.25) is 0 Å². The van der Waals surface area contributed by atoms with Crippen LogP contribution in [0.15, 0.2) is 46.9 Å². The van der Waals surface area contributed by atoms with Gasteiger partial charge in [0, 0.05) is 18.4 Å². The lowest BCUT2D eigenvalue weighted by atomic mass is 10.2. The molecule has 0 aliphatic heterocycles. The van der Waals surface area contributed by atoms with E-state index in [0.717, 1.165) is 11.5 Å². The van der Waals surface area contributed by atoms with Gasteiger partial charge in [-0.15, -0.1) is 0 Å². The van der Waals surface area contributed by atoms with Gasteiger partial charge in [0.25, 0.3) is 5.91 Å². The van der Waals surface area contributed by atoms with Gasteiger partial charge in [-0.25, -0.2) is 0 Å². The summed E-state index contributed by atoms with van der Waals surface area (Å²) in [6.45, 7) is 1.85. The molecule has 104 valence electrons. The highest BCUT2D eigenvalue weighted by Gasteiger charge is 2.07. The van der Waals surface area contributed by atoms with Crippen LogP contribution in [0.25, 0.3) is 0 Å². The predicted molar refractivity (Wildman–Crippen MR) is 73.8 cm³/mol. The zero-order chi connectivity index (χ0) is 14.4. The number of rotatable bonds is 4. The Morgan fingerprint density at radius 2 is 1.80 bits per heavy atom. The highest BCUT2D eigenvalue weighted by Crippen LogP contribution is 2.08. The van der Waals surface area contributed by atoms with Crippen molar-refractivity contribution in [3.05, 3.63) is 59.5 Å². The topological polar surface area (TPSA) is 71.3 Å². The maximum absolute atomic E-state index is 11.7. The monoisotopic (exact) mass is 272 g/mol. The van der Waals surface area contributed by atoms with Gasteiger partial charge in [-0.05, 0) is 31.2 Å².